The van der Waals surface area contributed by atoms with Gasteiger partial charge in [-0.25, -0.2) is 0 Å². The van der Waals surface area contributed by atoms with Crippen LogP contribution in [0.4, 0.5) is 0 Å². The van der Waals surface area contributed by atoms with Gasteiger partial charge in [-0.15, -0.1) is 12.4 Å². The standard InChI is InChI=1S/C32H56N4O6.ClH/c1-20(2)23(19-35-30(38)24-13-9-10-14-28(24)42-16-12-11-15-41-8)17-26(33)27(37)18-25(21(3)4)31(39)36-29(22(5)6)32(40)34-7;/h9-10,13-14,20-23,25-27,29,37H,11-12,15-19,33H2,1-8H3,(H,34,40)(H,35,38)(H,36,39);1H. The number of unbranched alkanes of at least 4 members (excludes halogenated alkanes) is 1. The first-order valence-corrected chi connectivity index (χ1v) is 15.3. The molecule has 1 rings (SSSR count). The number of benzene rings is 1. The van der Waals surface area contributed by atoms with Crippen LogP contribution < -0.4 is 26.4 Å². The number of aliphatic hydroxyl groups is 1. The quantitative estimate of drug-likeness (QED) is 0.139. The average Bonchev–Trinajstić information content (AvgIpc) is 2.95. The second kappa shape index (κ2) is 21.3. The summed E-state index contributed by atoms with van der Waals surface area (Å²) in [4.78, 5) is 38.5. The fourth-order valence-electron chi connectivity index (χ4n) is 4.80. The molecule has 43 heavy (non-hydrogen) atoms. The second-order valence-corrected chi connectivity index (χ2v) is 12.2. The zero-order valence-corrected chi connectivity index (χ0v) is 28.2. The molecule has 0 bridgehead atoms. The van der Waals surface area contributed by atoms with Gasteiger partial charge in [0.1, 0.15) is 11.8 Å². The van der Waals surface area contributed by atoms with Gasteiger partial charge in [-0.1, -0.05) is 53.7 Å². The molecule has 5 atom stereocenters. The van der Waals surface area contributed by atoms with Gasteiger partial charge in [0, 0.05) is 39.3 Å². The molecule has 1 aromatic rings. The van der Waals surface area contributed by atoms with Gasteiger partial charge >= 0.3 is 0 Å². The Morgan fingerprint density at radius 1 is 0.907 bits per heavy atom. The van der Waals surface area contributed by atoms with Gasteiger partial charge < -0.3 is 36.3 Å². The van der Waals surface area contributed by atoms with Crippen molar-refractivity contribution in [2.45, 2.75) is 85.4 Å². The van der Waals surface area contributed by atoms with E-state index in [9.17, 15) is 19.5 Å². The number of aliphatic hydroxyl groups excluding tert-OH is 1. The molecule has 0 spiro atoms. The third-order valence-corrected chi connectivity index (χ3v) is 7.80. The Morgan fingerprint density at radius 3 is 2.09 bits per heavy atom. The summed E-state index contributed by atoms with van der Waals surface area (Å²) in [7, 11) is 3.21. The number of likely N-dealkylation sites (N-methyl/N-ethyl adjacent to an activating group) is 1. The molecule has 0 radical (unpaired) electrons. The van der Waals surface area contributed by atoms with Gasteiger partial charge in [0.05, 0.1) is 18.3 Å². The maximum absolute atomic E-state index is 13.2. The Labute approximate surface area is 265 Å². The maximum Gasteiger partial charge on any atom is 0.255 e. The van der Waals surface area contributed by atoms with E-state index < -0.39 is 24.1 Å². The molecular formula is C32H57ClN4O6. The van der Waals surface area contributed by atoms with Crippen molar-refractivity contribution in [3.63, 3.8) is 0 Å². The first-order chi connectivity index (χ1) is 19.8. The lowest BCUT2D eigenvalue weighted by atomic mass is 9.83. The SMILES string of the molecule is CNC(=O)C(NC(=O)C(CC(O)C(N)CC(CNC(=O)c1ccccc1OCCCCOC)C(C)C)C(C)C)C(C)C.Cl. The number of hydrogen-bond acceptors (Lipinski definition) is 7. The first kappa shape index (κ1) is 40.6. The van der Waals surface area contributed by atoms with Crippen LogP contribution in [0.3, 0.4) is 0 Å². The van der Waals surface area contributed by atoms with Crippen molar-refractivity contribution in [1.82, 2.24) is 16.0 Å². The minimum atomic E-state index is -0.926. The van der Waals surface area contributed by atoms with Crippen molar-refractivity contribution in [2.24, 2.45) is 35.3 Å². The lowest BCUT2D eigenvalue weighted by molar-refractivity contribution is -0.133. The van der Waals surface area contributed by atoms with Gasteiger partial charge in [-0.2, -0.15) is 0 Å². The highest BCUT2D eigenvalue weighted by Gasteiger charge is 2.32. The highest BCUT2D eigenvalue weighted by atomic mass is 35.5. The Hall–Kier alpha value is -2.40. The number of nitrogens with one attached hydrogen (secondary N) is 3. The zero-order valence-electron chi connectivity index (χ0n) is 27.4. The number of carbonyl (C=O) groups is 3. The van der Waals surface area contributed by atoms with Crippen molar-refractivity contribution in [3.05, 3.63) is 29.8 Å². The van der Waals surface area contributed by atoms with Gasteiger partial charge in [0.2, 0.25) is 11.8 Å². The van der Waals surface area contributed by atoms with Crippen molar-refractivity contribution in [1.29, 1.82) is 0 Å². The average molecular weight is 629 g/mol. The van der Waals surface area contributed by atoms with E-state index in [-0.39, 0.29) is 60.2 Å². The number of para-hydroxylation sites is 1. The van der Waals surface area contributed by atoms with Crippen LogP contribution in [0.5, 0.6) is 5.75 Å². The molecule has 11 heteroatoms. The molecule has 0 aliphatic heterocycles. The number of ether oxygens (including phenoxy) is 2. The van der Waals surface area contributed by atoms with Crippen LogP contribution in [-0.4, -0.2) is 74.9 Å². The van der Waals surface area contributed by atoms with E-state index in [1.807, 2.05) is 33.8 Å². The predicted molar refractivity (Wildman–Crippen MR) is 173 cm³/mol. The van der Waals surface area contributed by atoms with Crippen LogP contribution in [0, 0.1) is 29.6 Å². The van der Waals surface area contributed by atoms with Crippen LogP contribution in [0.2, 0.25) is 0 Å². The van der Waals surface area contributed by atoms with Crippen LogP contribution in [0.25, 0.3) is 0 Å². The van der Waals surface area contributed by atoms with E-state index in [0.29, 0.717) is 37.5 Å². The zero-order chi connectivity index (χ0) is 31.8. The molecule has 0 saturated carbocycles. The molecule has 10 nitrogen and oxygen atoms in total. The fourth-order valence-corrected chi connectivity index (χ4v) is 4.80. The Kier molecular flexibility index (Phi) is 20.1. The molecule has 0 heterocycles. The van der Waals surface area contributed by atoms with Gasteiger partial charge in [0.15, 0.2) is 0 Å². The van der Waals surface area contributed by atoms with Crippen LogP contribution in [0.1, 0.15) is 77.6 Å². The molecule has 0 aliphatic carbocycles. The molecular weight excluding hydrogens is 572 g/mol. The van der Waals surface area contributed by atoms with Crippen LogP contribution in [-0.2, 0) is 14.3 Å². The van der Waals surface area contributed by atoms with Crippen molar-refractivity contribution >= 4 is 30.1 Å². The summed E-state index contributed by atoms with van der Waals surface area (Å²) in [5.41, 5.74) is 6.94. The van der Waals surface area contributed by atoms with Gasteiger partial charge in [-0.3, -0.25) is 14.4 Å². The molecule has 0 saturated heterocycles. The molecule has 5 unspecified atom stereocenters. The molecule has 0 aliphatic rings. The van der Waals surface area contributed by atoms with Crippen molar-refractivity contribution in [2.75, 3.05) is 33.9 Å². The largest absolute Gasteiger partial charge is 0.493 e. The summed E-state index contributed by atoms with van der Waals surface area (Å²) in [6.07, 6.45) is 1.42. The molecule has 3 amide bonds. The molecule has 248 valence electrons. The maximum atomic E-state index is 13.2. The highest BCUT2D eigenvalue weighted by molar-refractivity contribution is 5.96. The second-order valence-electron chi connectivity index (χ2n) is 12.2. The predicted octanol–water partition coefficient (Wildman–Crippen LogP) is 3.54. The molecule has 1 aromatic carbocycles. The van der Waals surface area contributed by atoms with E-state index in [1.165, 1.54) is 0 Å². The third-order valence-electron chi connectivity index (χ3n) is 7.80. The van der Waals surface area contributed by atoms with Crippen LogP contribution in [0.15, 0.2) is 24.3 Å². The molecule has 0 fully saturated rings. The number of rotatable bonds is 20. The minimum absolute atomic E-state index is 0. The summed E-state index contributed by atoms with van der Waals surface area (Å²) in [6, 6.07) is 5.92. The molecule has 0 aromatic heterocycles. The summed E-state index contributed by atoms with van der Waals surface area (Å²) < 4.78 is 10.9. The Balaban J connectivity index is 0.0000176. The first-order valence-electron chi connectivity index (χ1n) is 15.3. The highest BCUT2D eigenvalue weighted by Crippen LogP contribution is 2.24. The number of carbonyl (C=O) groups excluding carboxylic acids is 3. The van der Waals surface area contributed by atoms with Gasteiger partial charge in [0.25, 0.3) is 5.91 Å². The van der Waals surface area contributed by atoms with E-state index in [2.05, 4.69) is 29.8 Å². The summed E-state index contributed by atoms with van der Waals surface area (Å²) >= 11 is 0. The normalized spacial score (nSPS) is 14.8. The lowest BCUT2D eigenvalue weighted by Gasteiger charge is -2.31. The number of methoxy groups -OCH3 is 1. The smallest absolute Gasteiger partial charge is 0.255 e. The fraction of sp³-hybridized carbons (Fsp3) is 0.719. The summed E-state index contributed by atoms with van der Waals surface area (Å²) in [5, 5.41) is 19.5. The number of amides is 3. The van der Waals surface area contributed by atoms with Crippen molar-refractivity contribution in [3.8, 4) is 5.75 Å². The Morgan fingerprint density at radius 2 is 1.53 bits per heavy atom. The van der Waals surface area contributed by atoms with E-state index >= 15 is 0 Å². The summed E-state index contributed by atoms with van der Waals surface area (Å²) in [6.45, 7) is 13.2. The monoisotopic (exact) mass is 628 g/mol. The topological polar surface area (TPSA) is 152 Å². The summed E-state index contributed by atoms with van der Waals surface area (Å²) in [5.74, 6) is -0.682. The van der Waals surface area contributed by atoms with Crippen LogP contribution >= 0.6 is 12.4 Å². The number of hydrogen-bond donors (Lipinski definition) is 5. The Bertz CT molecular complexity index is 962. The van der Waals surface area contributed by atoms with E-state index in [1.54, 1.807) is 32.4 Å². The lowest BCUT2D eigenvalue weighted by Crippen LogP contribution is -2.52. The minimum Gasteiger partial charge on any atom is -0.493 e. The van der Waals surface area contributed by atoms with Gasteiger partial charge in [-0.05, 0) is 61.5 Å². The third kappa shape index (κ3) is 14.3. The van der Waals surface area contributed by atoms with Crippen molar-refractivity contribution < 1.29 is 29.0 Å². The number of halogens is 1. The molecule has 6 N–H and O–H groups in total. The van der Waals surface area contributed by atoms with E-state index in [4.69, 9.17) is 15.2 Å². The number of nitrogens with two attached hydrogens (primary N) is 1. The van der Waals surface area contributed by atoms with E-state index in [0.717, 1.165) is 12.8 Å².